The monoisotopic (exact) mass is 1090 g/mol. The van der Waals surface area contributed by atoms with Crippen molar-refractivity contribution in [2.45, 2.75) is 240 Å². The van der Waals surface area contributed by atoms with E-state index in [1.807, 2.05) is 24.3 Å². The third-order valence-corrected chi connectivity index (χ3v) is 31.3. The molecule has 2 saturated heterocycles. The standard InChI is InChI=1S/C53H97IO9Si3/c1-35(37(3)33-54)30-36(2)46(63-66(22,23)51(12,13)14)38(4)42(55)31-43(56)47-48(58-34-40-24-26-41(57-17)27-25-40)52(15,16)53(61-47)32-45(62-65(20,21)50(9,10)11)39(5)44(60-53)28-29-59-64(18,19)49(6,7)8/h24-27,30,33,36,38-39,42-48,55-56H,28-29,31-32,34H2,1-23H3/b35-30+,37-33+/t36-,38+,39+,42+,43-,44+,45-,46-,47-,48+,53+/m0/s1. The Hall–Kier alpha value is -0.439. The summed E-state index contributed by atoms with van der Waals surface area (Å²) < 4.78 is 50.7. The van der Waals surface area contributed by atoms with E-state index in [1.165, 1.54) is 11.1 Å². The van der Waals surface area contributed by atoms with E-state index in [0.717, 1.165) is 11.3 Å². The van der Waals surface area contributed by atoms with Gasteiger partial charge in [-0.05, 0) is 108 Å². The van der Waals surface area contributed by atoms with E-state index in [-0.39, 0.29) is 57.6 Å². The molecule has 2 aliphatic rings. The lowest BCUT2D eigenvalue weighted by atomic mass is 9.72. The summed E-state index contributed by atoms with van der Waals surface area (Å²) in [4.78, 5) is 0. The number of rotatable bonds is 20. The van der Waals surface area contributed by atoms with Gasteiger partial charge >= 0.3 is 0 Å². The van der Waals surface area contributed by atoms with Crippen molar-refractivity contribution >= 4 is 47.5 Å². The van der Waals surface area contributed by atoms with Gasteiger partial charge in [-0.2, -0.15) is 0 Å². The third-order valence-electron chi connectivity index (χ3n) is 16.9. The summed E-state index contributed by atoms with van der Waals surface area (Å²) in [5, 5.41) is 25.0. The molecule has 0 unspecified atom stereocenters. The first-order chi connectivity index (χ1) is 29.9. The number of aliphatic hydroxyl groups is 2. The van der Waals surface area contributed by atoms with Gasteiger partial charge in [0.15, 0.2) is 30.7 Å². The largest absolute Gasteiger partial charge is 0.497 e. The Kier molecular flexibility index (Phi) is 20.4. The van der Waals surface area contributed by atoms with E-state index in [1.54, 1.807) is 7.11 Å². The normalized spacial score (nSPS) is 27.5. The SMILES string of the molecule is COc1ccc(CO[C@@H]2[C@H]([C@@H](O)C[C@@H](O)[C@@H](C)[C@@H](O[Si](C)(C)C(C)(C)C)[C@@H](C)/C=C(C)/C(C)=C/I)O[C@]3(C[C@H](O[Si](C)(C)C(C)(C)C)[C@H](C)[C@@H](CCO[Si](C)(C)C(C)(C)C)O3)C2(C)C)cc1. The van der Waals surface area contributed by atoms with Gasteiger partial charge in [-0.25, -0.2) is 0 Å². The molecule has 1 aromatic rings. The van der Waals surface area contributed by atoms with Gasteiger partial charge in [-0.3, -0.25) is 0 Å². The van der Waals surface area contributed by atoms with Crippen LogP contribution in [-0.2, 0) is 34.1 Å². The van der Waals surface area contributed by atoms with Crippen LogP contribution in [0.15, 0.2) is 45.6 Å². The molecule has 0 radical (unpaired) electrons. The van der Waals surface area contributed by atoms with Crippen LogP contribution < -0.4 is 4.74 Å². The Balaban J connectivity index is 2.13. The minimum Gasteiger partial charge on any atom is -0.497 e. The molecule has 3 rings (SSSR count). The zero-order valence-corrected chi connectivity index (χ0v) is 51.1. The molecule has 11 atom stereocenters. The van der Waals surface area contributed by atoms with Gasteiger partial charge in [0.1, 0.15) is 11.9 Å². The van der Waals surface area contributed by atoms with Crippen LogP contribution in [0.1, 0.15) is 136 Å². The molecule has 9 nitrogen and oxygen atoms in total. The van der Waals surface area contributed by atoms with Crippen LogP contribution in [-0.4, -0.2) is 97.4 Å². The average molecular weight is 1090 g/mol. The topological polar surface area (TPSA) is 105 Å². The summed E-state index contributed by atoms with van der Waals surface area (Å²) in [5.41, 5.74) is 2.61. The molecular weight excluding hydrogens is 992 g/mol. The van der Waals surface area contributed by atoms with Gasteiger partial charge in [-0.15, -0.1) is 0 Å². The van der Waals surface area contributed by atoms with Gasteiger partial charge < -0.3 is 42.4 Å². The minimum absolute atomic E-state index is 0.00532. The average Bonchev–Trinajstić information content (AvgIpc) is 3.39. The molecule has 0 saturated carbocycles. The molecule has 0 aromatic heterocycles. The summed E-state index contributed by atoms with van der Waals surface area (Å²) in [6.45, 7) is 50.1. The van der Waals surface area contributed by atoms with Crippen LogP contribution in [0.2, 0.25) is 54.4 Å². The maximum Gasteiger partial charge on any atom is 0.192 e. The molecule has 1 spiro atoms. The number of ether oxygens (including phenoxy) is 4. The van der Waals surface area contributed by atoms with Crippen molar-refractivity contribution in [3.8, 4) is 5.75 Å². The second kappa shape index (κ2) is 22.5. The smallest absolute Gasteiger partial charge is 0.192 e. The van der Waals surface area contributed by atoms with Crippen LogP contribution >= 0.6 is 22.6 Å². The molecule has 2 N–H and O–H groups in total. The minimum atomic E-state index is -2.28. The fourth-order valence-electron chi connectivity index (χ4n) is 8.54. The fraction of sp³-hybridized carbons (Fsp3) is 0.811. The van der Waals surface area contributed by atoms with Gasteiger partial charge in [-0.1, -0.05) is 143 Å². The van der Waals surface area contributed by atoms with Crippen molar-refractivity contribution in [2.24, 2.45) is 23.2 Å². The van der Waals surface area contributed by atoms with Gasteiger partial charge in [0.05, 0.1) is 50.3 Å². The van der Waals surface area contributed by atoms with E-state index in [0.29, 0.717) is 26.1 Å². The van der Waals surface area contributed by atoms with Crippen molar-refractivity contribution in [1.82, 2.24) is 0 Å². The Morgan fingerprint density at radius 2 is 1.39 bits per heavy atom. The zero-order valence-electron chi connectivity index (χ0n) is 45.9. The highest BCUT2D eigenvalue weighted by Crippen LogP contribution is 2.57. The van der Waals surface area contributed by atoms with Crippen molar-refractivity contribution < 1.29 is 42.4 Å². The number of hydrogen-bond acceptors (Lipinski definition) is 9. The molecule has 2 aliphatic heterocycles. The van der Waals surface area contributed by atoms with Crippen molar-refractivity contribution in [1.29, 1.82) is 0 Å². The molecule has 0 bridgehead atoms. The van der Waals surface area contributed by atoms with Crippen LogP contribution in [0.4, 0.5) is 0 Å². The van der Waals surface area contributed by atoms with E-state index >= 15 is 0 Å². The van der Waals surface area contributed by atoms with E-state index in [4.69, 9.17) is 32.2 Å². The summed E-state index contributed by atoms with van der Waals surface area (Å²) in [7, 11) is -4.92. The quantitative estimate of drug-likeness (QED) is 0.0750. The molecule has 2 fully saturated rings. The molecule has 1 aromatic carbocycles. The highest BCUT2D eigenvalue weighted by atomic mass is 127. The van der Waals surface area contributed by atoms with Crippen LogP contribution in [0.3, 0.4) is 0 Å². The van der Waals surface area contributed by atoms with E-state index < -0.39 is 60.6 Å². The van der Waals surface area contributed by atoms with Gasteiger partial charge in [0, 0.05) is 36.7 Å². The lowest BCUT2D eigenvalue weighted by Crippen LogP contribution is -2.61. The predicted molar refractivity (Wildman–Crippen MR) is 290 cm³/mol. The fourth-order valence-corrected chi connectivity index (χ4v) is 13.0. The summed E-state index contributed by atoms with van der Waals surface area (Å²) in [5.74, 6) is -0.641. The number of methoxy groups -OCH3 is 1. The van der Waals surface area contributed by atoms with Crippen molar-refractivity contribution in [3.05, 3.63) is 51.1 Å². The number of allylic oxidation sites excluding steroid dienone is 2. The molecule has 0 aliphatic carbocycles. The molecule has 66 heavy (non-hydrogen) atoms. The Morgan fingerprint density at radius 1 is 0.848 bits per heavy atom. The molecule has 13 heteroatoms. The number of halogens is 1. The maximum atomic E-state index is 12.6. The van der Waals surface area contributed by atoms with E-state index in [9.17, 15) is 10.2 Å². The van der Waals surface area contributed by atoms with E-state index in [2.05, 4.69) is 183 Å². The Labute approximate surface area is 420 Å². The third kappa shape index (κ3) is 14.2. The summed E-state index contributed by atoms with van der Waals surface area (Å²) in [6, 6.07) is 7.88. The van der Waals surface area contributed by atoms with Crippen LogP contribution in [0.25, 0.3) is 0 Å². The predicted octanol–water partition coefficient (Wildman–Crippen LogP) is 14.0. The van der Waals surface area contributed by atoms with Crippen molar-refractivity contribution in [3.63, 3.8) is 0 Å². The maximum absolute atomic E-state index is 12.6. The van der Waals surface area contributed by atoms with Crippen molar-refractivity contribution in [2.75, 3.05) is 13.7 Å². The first kappa shape index (κ1) is 59.9. The summed E-state index contributed by atoms with van der Waals surface area (Å²) in [6.07, 6.45) is -0.595. The second-order valence-electron chi connectivity index (χ2n) is 25.2. The zero-order chi connectivity index (χ0) is 50.8. The highest BCUT2D eigenvalue weighted by Gasteiger charge is 2.67. The first-order valence-electron chi connectivity index (χ1n) is 24.8. The second-order valence-corrected chi connectivity index (χ2v) is 40.2. The lowest BCUT2D eigenvalue weighted by molar-refractivity contribution is -0.334. The molecular formula is C53H97IO9Si3. The van der Waals surface area contributed by atoms with Crippen LogP contribution in [0, 0.1) is 23.2 Å². The molecule has 382 valence electrons. The molecule has 0 amide bonds. The molecule has 2 heterocycles. The Bertz CT molecular complexity index is 1760. The number of hydrogen-bond donors (Lipinski definition) is 2. The Morgan fingerprint density at radius 3 is 1.89 bits per heavy atom. The highest BCUT2D eigenvalue weighted by molar-refractivity contribution is 14.1. The van der Waals surface area contributed by atoms with Gasteiger partial charge in [0.25, 0.3) is 0 Å². The number of benzene rings is 1. The number of aliphatic hydroxyl groups excluding tert-OH is 2. The van der Waals surface area contributed by atoms with Crippen LogP contribution in [0.5, 0.6) is 5.75 Å². The summed E-state index contributed by atoms with van der Waals surface area (Å²) >= 11 is 2.29. The lowest BCUT2D eigenvalue weighted by Gasteiger charge is -2.53. The van der Waals surface area contributed by atoms with Gasteiger partial charge in [0.2, 0.25) is 0 Å². The first-order valence-corrected chi connectivity index (χ1v) is 34.8.